The zero-order valence-electron chi connectivity index (χ0n) is 14.5. The Balaban J connectivity index is 2.08. The Labute approximate surface area is 166 Å². The molecule has 146 valence electrons. The van der Waals surface area contributed by atoms with E-state index in [4.69, 9.17) is 16.7 Å². The number of amides is 1. The lowest BCUT2D eigenvalue weighted by molar-refractivity contribution is 0.194. The summed E-state index contributed by atoms with van der Waals surface area (Å²) in [5, 5.41) is 11.2. The molecule has 28 heavy (non-hydrogen) atoms. The maximum atomic E-state index is 13.3. The fourth-order valence-electron chi connectivity index (χ4n) is 2.72. The Hall–Kier alpha value is -2.84. The lowest BCUT2D eigenvalue weighted by atomic mass is 10.1. The van der Waals surface area contributed by atoms with Crippen molar-refractivity contribution in [1.29, 1.82) is 0 Å². The largest absolute Gasteiger partial charge is 0.465 e. The van der Waals surface area contributed by atoms with Crippen LogP contribution in [-0.2, 0) is 16.4 Å². The van der Waals surface area contributed by atoms with Crippen LogP contribution in [-0.4, -0.2) is 30.1 Å². The van der Waals surface area contributed by atoms with Gasteiger partial charge in [0.1, 0.15) is 5.82 Å². The molecule has 1 amide bonds. The fraction of sp³-hybridized carbons (Fsp3) is 0.105. The van der Waals surface area contributed by atoms with E-state index in [1.807, 2.05) is 0 Å². The van der Waals surface area contributed by atoms with Crippen molar-refractivity contribution in [2.45, 2.75) is 11.3 Å². The van der Waals surface area contributed by atoms with Gasteiger partial charge < -0.3 is 10.4 Å². The van der Waals surface area contributed by atoms with Gasteiger partial charge in [0.2, 0.25) is 0 Å². The van der Waals surface area contributed by atoms with Crippen molar-refractivity contribution in [3.8, 4) is 11.3 Å². The Morgan fingerprint density at radius 1 is 1.14 bits per heavy atom. The van der Waals surface area contributed by atoms with E-state index in [0.717, 1.165) is 3.97 Å². The van der Waals surface area contributed by atoms with Gasteiger partial charge in [-0.3, -0.25) is 0 Å². The summed E-state index contributed by atoms with van der Waals surface area (Å²) in [6.07, 6.45) is 0.557. The van der Waals surface area contributed by atoms with Gasteiger partial charge in [-0.05, 0) is 66.1 Å². The summed E-state index contributed by atoms with van der Waals surface area (Å²) in [7, 11) is -3.97. The van der Waals surface area contributed by atoms with Crippen LogP contribution < -0.4 is 5.32 Å². The van der Waals surface area contributed by atoms with E-state index < -0.39 is 21.9 Å². The van der Waals surface area contributed by atoms with E-state index in [0.29, 0.717) is 23.2 Å². The first-order valence-electron chi connectivity index (χ1n) is 8.22. The van der Waals surface area contributed by atoms with E-state index in [9.17, 15) is 17.6 Å². The molecule has 0 spiro atoms. The molecule has 2 aromatic carbocycles. The predicted molar refractivity (Wildman–Crippen MR) is 104 cm³/mol. The molecule has 0 bridgehead atoms. The summed E-state index contributed by atoms with van der Waals surface area (Å²) < 4.78 is 40.7. The average molecular weight is 423 g/mol. The highest BCUT2D eigenvalue weighted by molar-refractivity contribution is 7.90. The van der Waals surface area contributed by atoms with Crippen LogP contribution in [0.3, 0.4) is 0 Å². The fourth-order valence-corrected chi connectivity index (χ4v) is 4.42. The molecule has 2 N–H and O–H groups in total. The smallest absolute Gasteiger partial charge is 0.404 e. The third-order valence-electron chi connectivity index (χ3n) is 4.03. The van der Waals surface area contributed by atoms with E-state index in [1.54, 1.807) is 12.1 Å². The summed E-state index contributed by atoms with van der Waals surface area (Å²) >= 11 is 5.94. The quantitative estimate of drug-likeness (QED) is 0.628. The normalized spacial score (nSPS) is 11.4. The third kappa shape index (κ3) is 4.35. The monoisotopic (exact) mass is 422 g/mol. The Bertz CT molecular complexity index is 1110. The Morgan fingerprint density at radius 2 is 1.86 bits per heavy atom. The third-order valence-corrected chi connectivity index (χ3v) is 5.93. The van der Waals surface area contributed by atoms with E-state index in [-0.39, 0.29) is 16.5 Å². The maximum Gasteiger partial charge on any atom is 0.404 e. The molecule has 1 heterocycles. The average Bonchev–Trinajstić information content (AvgIpc) is 3.07. The first-order chi connectivity index (χ1) is 13.3. The number of hydrogen-bond acceptors (Lipinski definition) is 3. The van der Waals surface area contributed by atoms with Crippen LogP contribution in [0.25, 0.3) is 11.3 Å². The van der Waals surface area contributed by atoms with Crippen LogP contribution in [0.15, 0.2) is 65.7 Å². The number of carboxylic acid groups (broad SMARTS) is 1. The van der Waals surface area contributed by atoms with E-state index in [1.165, 1.54) is 48.7 Å². The number of halogens is 2. The summed E-state index contributed by atoms with van der Waals surface area (Å²) in [6.45, 7) is 0.124. The zero-order valence-corrected chi connectivity index (χ0v) is 16.0. The van der Waals surface area contributed by atoms with Crippen LogP contribution >= 0.6 is 11.6 Å². The summed E-state index contributed by atoms with van der Waals surface area (Å²) in [5.41, 5.74) is 1.45. The number of hydrogen-bond donors (Lipinski definition) is 2. The van der Waals surface area contributed by atoms with Gasteiger partial charge in [-0.2, -0.15) is 0 Å². The van der Waals surface area contributed by atoms with Crippen molar-refractivity contribution >= 4 is 27.7 Å². The van der Waals surface area contributed by atoms with Crippen molar-refractivity contribution in [3.05, 3.63) is 77.2 Å². The lowest BCUT2D eigenvalue weighted by Crippen LogP contribution is -2.23. The Morgan fingerprint density at radius 3 is 2.50 bits per heavy atom. The van der Waals surface area contributed by atoms with Gasteiger partial charge in [0.05, 0.1) is 10.6 Å². The molecular weight excluding hydrogens is 407 g/mol. The number of carbonyl (C=O) groups is 1. The molecule has 9 heteroatoms. The van der Waals surface area contributed by atoms with Crippen molar-refractivity contribution in [1.82, 2.24) is 9.29 Å². The number of aromatic nitrogens is 1. The van der Waals surface area contributed by atoms with Gasteiger partial charge in [-0.15, -0.1) is 0 Å². The van der Waals surface area contributed by atoms with Crippen molar-refractivity contribution in [2.75, 3.05) is 6.54 Å². The van der Waals surface area contributed by atoms with Crippen LogP contribution in [0.2, 0.25) is 5.02 Å². The van der Waals surface area contributed by atoms with Crippen LogP contribution in [0.5, 0.6) is 0 Å². The second kappa shape index (κ2) is 8.04. The first-order valence-corrected chi connectivity index (χ1v) is 10.0. The van der Waals surface area contributed by atoms with Crippen molar-refractivity contribution in [2.24, 2.45) is 0 Å². The standard InChI is InChI=1S/C19H16ClFN2O4S/c20-15-2-1-3-17(11-15)28(26,27)23-12-13(8-9-22-19(24)25)10-18(23)14-4-6-16(21)7-5-14/h1-7,10-12,22H,8-9H2,(H,24,25). The second-order valence-electron chi connectivity index (χ2n) is 5.98. The van der Waals surface area contributed by atoms with E-state index >= 15 is 0 Å². The summed E-state index contributed by atoms with van der Waals surface area (Å²) in [4.78, 5) is 10.6. The zero-order chi connectivity index (χ0) is 20.3. The Kier molecular flexibility index (Phi) is 5.71. The number of nitrogens with zero attached hydrogens (tertiary/aromatic N) is 1. The van der Waals surface area contributed by atoms with Crippen molar-refractivity contribution in [3.63, 3.8) is 0 Å². The molecule has 0 unspecified atom stereocenters. The molecule has 3 rings (SSSR count). The molecule has 6 nitrogen and oxygen atoms in total. The van der Waals surface area contributed by atoms with Crippen LogP contribution in [0.1, 0.15) is 5.56 Å². The van der Waals surface area contributed by atoms with Gasteiger partial charge in [0.25, 0.3) is 10.0 Å². The minimum Gasteiger partial charge on any atom is -0.465 e. The molecule has 3 aromatic rings. The van der Waals surface area contributed by atoms with Gasteiger partial charge in [-0.25, -0.2) is 21.6 Å². The van der Waals surface area contributed by atoms with Gasteiger partial charge in [0, 0.05) is 17.8 Å². The van der Waals surface area contributed by atoms with Gasteiger partial charge >= 0.3 is 6.09 Å². The molecule has 0 aliphatic carbocycles. The highest BCUT2D eigenvalue weighted by Gasteiger charge is 2.22. The number of rotatable bonds is 6. The van der Waals surface area contributed by atoms with Crippen molar-refractivity contribution < 1.29 is 22.7 Å². The lowest BCUT2D eigenvalue weighted by Gasteiger charge is -2.11. The topological polar surface area (TPSA) is 88.4 Å². The second-order valence-corrected chi connectivity index (χ2v) is 8.23. The minimum absolute atomic E-state index is 0.00849. The molecule has 0 saturated carbocycles. The van der Waals surface area contributed by atoms with Crippen LogP contribution in [0.4, 0.5) is 9.18 Å². The predicted octanol–water partition coefficient (Wildman–Crippen LogP) is 3.99. The molecule has 0 fully saturated rings. The van der Waals surface area contributed by atoms with Crippen LogP contribution in [0, 0.1) is 5.82 Å². The highest BCUT2D eigenvalue weighted by atomic mass is 35.5. The SMILES string of the molecule is O=C(O)NCCc1cc(-c2ccc(F)cc2)n(S(=O)(=O)c2cccc(Cl)c2)c1. The molecule has 0 atom stereocenters. The van der Waals surface area contributed by atoms with Gasteiger partial charge in [-0.1, -0.05) is 17.7 Å². The maximum absolute atomic E-state index is 13.3. The first kappa shape index (κ1) is 19.9. The number of benzene rings is 2. The molecular formula is C19H16ClFN2O4S. The highest BCUT2D eigenvalue weighted by Crippen LogP contribution is 2.28. The molecule has 0 radical (unpaired) electrons. The molecule has 0 saturated heterocycles. The molecule has 0 aliphatic heterocycles. The minimum atomic E-state index is -3.97. The molecule has 1 aromatic heterocycles. The van der Waals surface area contributed by atoms with E-state index in [2.05, 4.69) is 5.32 Å². The van der Waals surface area contributed by atoms with Gasteiger partial charge in [0.15, 0.2) is 0 Å². The molecule has 0 aliphatic rings. The summed E-state index contributed by atoms with van der Waals surface area (Å²) in [6, 6.07) is 13.0. The number of nitrogens with one attached hydrogen (secondary N) is 1. The summed E-state index contributed by atoms with van der Waals surface area (Å²) in [5.74, 6) is -0.439.